The van der Waals surface area contributed by atoms with Crippen LogP contribution in [0.2, 0.25) is 0 Å². The smallest absolute Gasteiger partial charge is 0.308 e. The SMILES string of the molecule is CN[C@H](C)CC(C)(O)[C@H](O[C@@H]1O[C@H](C)C[C@H](N(C)C)[C@H]1OC(C)=O)[C@@H](C)C[C@@H](C)C(=O)OC. The van der Waals surface area contributed by atoms with E-state index in [2.05, 4.69) is 5.32 Å². The van der Waals surface area contributed by atoms with E-state index in [0.717, 1.165) is 0 Å². The van der Waals surface area contributed by atoms with Crippen LogP contribution in [0.1, 0.15) is 60.8 Å². The maximum absolute atomic E-state index is 12.0. The molecular weight excluding hydrogens is 428 g/mol. The predicted molar refractivity (Wildman–Crippen MR) is 126 cm³/mol. The van der Waals surface area contributed by atoms with E-state index < -0.39 is 30.1 Å². The van der Waals surface area contributed by atoms with Crippen LogP contribution in [0.4, 0.5) is 0 Å². The van der Waals surface area contributed by atoms with Gasteiger partial charge in [0, 0.05) is 13.0 Å². The molecule has 0 spiro atoms. The number of ether oxygens (including phenoxy) is 4. The summed E-state index contributed by atoms with van der Waals surface area (Å²) >= 11 is 0. The maximum atomic E-state index is 12.0. The lowest BCUT2D eigenvalue weighted by Gasteiger charge is -2.46. The Morgan fingerprint density at radius 3 is 2.36 bits per heavy atom. The number of esters is 2. The number of aliphatic hydroxyl groups is 1. The van der Waals surface area contributed by atoms with Gasteiger partial charge in [0.25, 0.3) is 0 Å². The zero-order valence-corrected chi connectivity index (χ0v) is 22.1. The zero-order chi connectivity index (χ0) is 25.5. The minimum absolute atomic E-state index is 0.0290. The van der Waals surface area contributed by atoms with E-state index in [1.54, 1.807) is 13.8 Å². The third-order valence-corrected chi connectivity index (χ3v) is 6.50. The van der Waals surface area contributed by atoms with Crippen molar-refractivity contribution in [1.82, 2.24) is 10.2 Å². The van der Waals surface area contributed by atoms with Crippen molar-refractivity contribution in [2.75, 3.05) is 28.3 Å². The van der Waals surface area contributed by atoms with Crippen LogP contribution in [0.5, 0.6) is 0 Å². The van der Waals surface area contributed by atoms with Gasteiger partial charge in [-0.15, -0.1) is 0 Å². The van der Waals surface area contributed by atoms with Gasteiger partial charge in [-0.1, -0.05) is 13.8 Å². The Balaban J connectivity index is 3.28. The van der Waals surface area contributed by atoms with Crippen LogP contribution in [0, 0.1) is 11.8 Å². The van der Waals surface area contributed by atoms with Crippen LogP contribution in [-0.2, 0) is 28.5 Å². The molecule has 1 heterocycles. The van der Waals surface area contributed by atoms with Crippen molar-refractivity contribution in [3.63, 3.8) is 0 Å². The maximum Gasteiger partial charge on any atom is 0.308 e. The van der Waals surface area contributed by atoms with Gasteiger partial charge in [0.05, 0.1) is 36.9 Å². The fraction of sp³-hybridized carbons (Fsp3) is 0.917. The molecule has 0 amide bonds. The molecule has 0 saturated carbocycles. The van der Waals surface area contributed by atoms with Crippen molar-refractivity contribution < 1.29 is 33.6 Å². The highest BCUT2D eigenvalue weighted by atomic mass is 16.7. The monoisotopic (exact) mass is 474 g/mol. The van der Waals surface area contributed by atoms with Gasteiger partial charge >= 0.3 is 11.9 Å². The van der Waals surface area contributed by atoms with Crippen LogP contribution in [0.25, 0.3) is 0 Å². The Morgan fingerprint density at radius 2 is 1.88 bits per heavy atom. The molecule has 33 heavy (non-hydrogen) atoms. The molecule has 9 atom stereocenters. The lowest BCUT2D eigenvalue weighted by atomic mass is 9.80. The van der Waals surface area contributed by atoms with E-state index in [1.807, 2.05) is 46.8 Å². The Bertz CT molecular complexity index is 628. The molecule has 1 aliphatic rings. The highest BCUT2D eigenvalue weighted by Gasteiger charge is 2.47. The summed E-state index contributed by atoms with van der Waals surface area (Å²) in [5.74, 6) is -1.30. The summed E-state index contributed by atoms with van der Waals surface area (Å²) < 4.78 is 23.1. The molecule has 1 fully saturated rings. The Morgan fingerprint density at radius 1 is 1.27 bits per heavy atom. The Labute approximate surface area is 199 Å². The summed E-state index contributed by atoms with van der Waals surface area (Å²) in [5, 5.41) is 14.7. The lowest BCUT2D eigenvalue weighted by molar-refractivity contribution is -0.297. The van der Waals surface area contributed by atoms with Crippen molar-refractivity contribution in [2.24, 2.45) is 11.8 Å². The molecule has 1 saturated heterocycles. The minimum Gasteiger partial charge on any atom is -0.469 e. The van der Waals surface area contributed by atoms with Crippen molar-refractivity contribution in [3.8, 4) is 0 Å². The summed E-state index contributed by atoms with van der Waals surface area (Å²) in [6.07, 6.45) is -0.766. The van der Waals surface area contributed by atoms with Crippen LogP contribution in [0.3, 0.4) is 0 Å². The molecule has 2 N–H and O–H groups in total. The second-order valence-electron chi connectivity index (χ2n) is 10.1. The van der Waals surface area contributed by atoms with Crippen LogP contribution in [0.15, 0.2) is 0 Å². The van der Waals surface area contributed by atoms with Crippen molar-refractivity contribution in [1.29, 1.82) is 0 Å². The van der Waals surface area contributed by atoms with Gasteiger partial charge in [-0.3, -0.25) is 9.59 Å². The normalized spacial score (nSPS) is 29.0. The second-order valence-corrected chi connectivity index (χ2v) is 10.1. The van der Waals surface area contributed by atoms with Crippen molar-refractivity contribution in [3.05, 3.63) is 0 Å². The van der Waals surface area contributed by atoms with Gasteiger partial charge in [-0.05, 0) is 67.1 Å². The minimum atomic E-state index is -1.24. The Kier molecular flexibility index (Phi) is 11.7. The molecule has 1 aliphatic heterocycles. The van der Waals surface area contributed by atoms with E-state index in [9.17, 15) is 14.7 Å². The standard InChI is InChI=1S/C24H46N2O7/c1-14(11-15(2)22(28)30-10)21(24(6,29)13-16(3)25-7)33-23-20(32-18(5)27)19(26(8)9)12-17(4)31-23/h14-17,19-21,23,25,29H,11-13H2,1-10H3/t14-,15+,16+,17+,19-,20+,21+,23-,24?/m0/s1. The number of hydrogen-bond acceptors (Lipinski definition) is 9. The van der Waals surface area contributed by atoms with Crippen molar-refractivity contribution >= 4 is 11.9 Å². The second kappa shape index (κ2) is 13.0. The highest BCUT2D eigenvalue weighted by Crippen LogP contribution is 2.35. The van der Waals surface area contributed by atoms with Crippen LogP contribution < -0.4 is 5.32 Å². The number of likely N-dealkylation sites (N-methyl/N-ethyl adjacent to an activating group) is 1. The number of rotatable bonds is 12. The number of methoxy groups -OCH3 is 1. The largest absolute Gasteiger partial charge is 0.469 e. The van der Waals surface area contributed by atoms with Gasteiger partial charge in [0.15, 0.2) is 12.4 Å². The van der Waals surface area contributed by atoms with E-state index >= 15 is 0 Å². The quantitative estimate of drug-likeness (QED) is 0.411. The number of nitrogens with one attached hydrogen (secondary N) is 1. The molecule has 1 unspecified atom stereocenters. The van der Waals surface area contributed by atoms with Crippen molar-refractivity contribution in [2.45, 2.75) is 103 Å². The summed E-state index contributed by atoms with van der Waals surface area (Å²) in [4.78, 5) is 25.9. The fourth-order valence-electron chi connectivity index (χ4n) is 4.81. The average Bonchev–Trinajstić information content (AvgIpc) is 2.71. The number of carbonyl (C=O) groups excluding carboxylic acids is 2. The van der Waals surface area contributed by atoms with E-state index in [4.69, 9.17) is 18.9 Å². The van der Waals surface area contributed by atoms with Crippen LogP contribution in [-0.4, -0.2) is 92.5 Å². The molecule has 0 radical (unpaired) electrons. The number of nitrogens with zero attached hydrogens (tertiary/aromatic N) is 1. The van der Waals surface area contributed by atoms with Gasteiger partial charge < -0.3 is 34.3 Å². The predicted octanol–water partition coefficient (Wildman–Crippen LogP) is 1.95. The Hall–Kier alpha value is -1.26. The first kappa shape index (κ1) is 29.8. The first-order chi connectivity index (χ1) is 15.2. The highest BCUT2D eigenvalue weighted by molar-refractivity contribution is 5.71. The first-order valence-corrected chi connectivity index (χ1v) is 11.8. The van der Waals surface area contributed by atoms with E-state index in [-0.39, 0.29) is 36.0 Å². The first-order valence-electron chi connectivity index (χ1n) is 11.8. The topological polar surface area (TPSA) is 107 Å². The molecule has 0 aromatic heterocycles. The third kappa shape index (κ3) is 8.79. The van der Waals surface area contributed by atoms with Gasteiger partial charge in [0.1, 0.15) is 0 Å². The van der Waals surface area contributed by atoms with Gasteiger partial charge in [-0.25, -0.2) is 0 Å². The number of hydrogen-bond donors (Lipinski definition) is 2. The fourth-order valence-corrected chi connectivity index (χ4v) is 4.81. The molecule has 0 bridgehead atoms. The van der Waals surface area contributed by atoms with Gasteiger partial charge in [0.2, 0.25) is 0 Å². The van der Waals surface area contributed by atoms with E-state index in [1.165, 1.54) is 14.0 Å². The number of carbonyl (C=O) groups is 2. The molecule has 0 aromatic rings. The lowest BCUT2D eigenvalue weighted by Crippen LogP contribution is -2.59. The summed E-state index contributed by atoms with van der Waals surface area (Å²) in [6.45, 7) is 10.8. The summed E-state index contributed by atoms with van der Waals surface area (Å²) in [5.41, 5.74) is -1.24. The molecule has 194 valence electrons. The van der Waals surface area contributed by atoms with E-state index in [0.29, 0.717) is 19.3 Å². The molecule has 0 aliphatic carbocycles. The van der Waals surface area contributed by atoms with Gasteiger partial charge in [-0.2, -0.15) is 0 Å². The van der Waals surface area contributed by atoms with Crippen LogP contribution >= 0.6 is 0 Å². The summed E-state index contributed by atoms with van der Waals surface area (Å²) in [7, 11) is 7.06. The summed E-state index contributed by atoms with van der Waals surface area (Å²) in [6, 6.07) is -0.0740. The average molecular weight is 475 g/mol. The molecule has 9 nitrogen and oxygen atoms in total. The molecular formula is C24H46N2O7. The zero-order valence-electron chi connectivity index (χ0n) is 22.1. The molecule has 9 heteroatoms. The third-order valence-electron chi connectivity index (χ3n) is 6.50. The molecule has 0 aromatic carbocycles. The molecule has 1 rings (SSSR count).